The SMILES string of the molecule is CCN1c2ccccc2C[C@@H]1C1=NCCN1. The maximum absolute atomic E-state index is 4.56. The van der Waals surface area contributed by atoms with Gasteiger partial charge < -0.3 is 10.2 Å². The van der Waals surface area contributed by atoms with Crippen molar-refractivity contribution in [3.8, 4) is 0 Å². The molecule has 0 aliphatic carbocycles. The number of nitrogens with zero attached hydrogens (tertiary/aromatic N) is 2. The third kappa shape index (κ3) is 1.39. The predicted octanol–water partition coefficient (Wildman–Crippen LogP) is 1.44. The molecular formula is C13H17N3. The zero-order chi connectivity index (χ0) is 11.0. The smallest absolute Gasteiger partial charge is 0.120 e. The Hall–Kier alpha value is -1.51. The lowest BCUT2D eigenvalue weighted by Gasteiger charge is -2.26. The van der Waals surface area contributed by atoms with Crippen molar-refractivity contribution in [2.75, 3.05) is 24.5 Å². The van der Waals surface area contributed by atoms with Crippen LogP contribution in [0, 0.1) is 0 Å². The third-order valence-electron chi connectivity index (χ3n) is 3.45. The Balaban J connectivity index is 1.94. The van der Waals surface area contributed by atoms with Crippen LogP contribution in [0.25, 0.3) is 0 Å². The van der Waals surface area contributed by atoms with Crippen molar-refractivity contribution >= 4 is 11.5 Å². The number of fused-ring (bicyclic) bond motifs is 1. The lowest BCUT2D eigenvalue weighted by molar-refractivity contribution is 0.761. The molecule has 0 bridgehead atoms. The van der Waals surface area contributed by atoms with E-state index < -0.39 is 0 Å². The zero-order valence-corrected chi connectivity index (χ0v) is 9.61. The minimum absolute atomic E-state index is 0.435. The van der Waals surface area contributed by atoms with Crippen molar-refractivity contribution in [1.82, 2.24) is 5.32 Å². The molecule has 0 unspecified atom stereocenters. The van der Waals surface area contributed by atoms with Gasteiger partial charge in [0.15, 0.2) is 0 Å². The molecule has 1 N–H and O–H groups in total. The Morgan fingerprint density at radius 3 is 3.06 bits per heavy atom. The summed E-state index contributed by atoms with van der Waals surface area (Å²) in [7, 11) is 0. The molecule has 2 heterocycles. The van der Waals surface area contributed by atoms with E-state index in [9.17, 15) is 0 Å². The van der Waals surface area contributed by atoms with Crippen molar-refractivity contribution in [2.45, 2.75) is 19.4 Å². The highest BCUT2D eigenvalue weighted by atomic mass is 15.2. The summed E-state index contributed by atoms with van der Waals surface area (Å²) in [5.41, 5.74) is 2.83. The molecule has 0 amide bonds. The highest BCUT2D eigenvalue weighted by molar-refractivity contribution is 5.93. The van der Waals surface area contributed by atoms with Gasteiger partial charge in [-0.2, -0.15) is 0 Å². The van der Waals surface area contributed by atoms with Crippen LogP contribution < -0.4 is 10.2 Å². The fourth-order valence-corrected chi connectivity index (χ4v) is 2.72. The van der Waals surface area contributed by atoms with Crippen LogP contribution in [0.3, 0.4) is 0 Å². The first-order valence-corrected chi connectivity index (χ1v) is 6.03. The maximum atomic E-state index is 4.56. The fraction of sp³-hybridized carbons (Fsp3) is 0.462. The van der Waals surface area contributed by atoms with E-state index in [0.717, 1.165) is 26.1 Å². The number of nitrogens with one attached hydrogen (secondary N) is 1. The second-order valence-electron chi connectivity index (χ2n) is 4.33. The number of rotatable bonds is 2. The molecule has 0 spiro atoms. The van der Waals surface area contributed by atoms with E-state index in [2.05, 4.69) is 46.4 Å². The molecule has 1 aromatic carbocycles. The van der Waals surface area contributed by atoms with Gasteiger partial charge in [0.05, 0.1) is 12.6 Å². The monoisotopic (exact) mass is 215 g/mol. The summed E-state index contributed by atoms with van der Waals surface area (Å²) in [5, 5.41) is 3.41. The molecule has 84 valence electrons. The highest BCUT2D eigenvalue weighted by Crippen LogP contribution is 2.32. The van der Waals surface area contributed by atoms with E-state index in [4.69, 9.17) is 0 Å². The fourth-order valence-electron chi connectivity index (χ4n) is 2.72. The summed E-state index contributed by atoms with van der Waals surface area (Å²) >= 11 is 0. The molecule has 3 nitrogen and oxygen atoms in total. The molecule has 2 aliphatic rings. The van der Waals surface area contributed by atoms with E-state index in [1.807, 2.05) is 0 Å². The van der Waals surface area contributed by atoms with Crippen molar-refractivity contribution in [3.05, 3.63) is 29.8 Å². The minimum Gasteiger partial charge on any atom is -0.370 e. The molecule has 0 radical (unpaired) electrons. The van der Waals surface area contributed by atoms with Gasteiger partial charge in [-0.3, -0.25) is 4.99 Å². The average Bonchev–Trinajstić information content (AvgIpc) is 2.95. The summed E-state index contributed by atoms with van der Waals surface area (Å²) in [4.78, 5) is 7.01. The number of amidine groups is 1. The van der Waals surface area contributed by atoms with E-state index >= 15 is 0 Å². The van der Waals surface area contributed by atoms with Gasteiger partial charge in [-0.1, -0.05) is 18.2 Å². The maximum Gasteiger partial charge on any atom is 0.120 e. The van der Waals surface area contributed by atoms with Gasteiger partial charge in [0.1, 0.15) is 5.84 Å². The molecule has 1 aromatic rings. The second-order valence-corrected chi connectivity index (χ2v) is 4.33. The molecule has 1 atom stereocenters. The van der Waals surface area contributed by atoms with Gasteiger partial charge in [-0.05, 0) is 18.6 Å². The van der Waals surface area contributed by atoms with Crippen LogP contribution in [0.1, 0.15) is 12.5 Å². The molecule has 3 heteroatoms. The second kappa shape index (κ2) is 3.81. The Bertz CT molecular complexity index is 425. The molecule has 3 rings (SSSR count). The Morgan fingerprint density at radius 1 is 1.44 bits per heavy atom. The Kier molecular flexibility index (Phi) is 2.31. The van der Waals surface area contributed by atoms with Gasteiger partial charge in [-0.15, -0.1) is 0 Å². The first-order chi connectivity index (χ1) is 7.90. The number of hydrogen-bond donors (Lipinski definition) is 1. The quantitative estimate of drug-likeness (QED) is 0.808. The Labute approximate surface area is 96.2 Å². The van der Waals surface area contributed by atoms with Crippen LogP contribution in [0.2, 0.25) is 0 Å². The molecule has 0 fully saturated rings. The number of likely N-dealkylation sites (N-methyl/N-ethyl adjacent to an activating group) is 1. The number of benzene rings is 1. The summed E-state index contributed by atoms with van der Waals surface area (Å²) in [6.07, 6.45) is 1.09. The van der Waals surface area contributed by atoms with Crippen LogP contribution >= 0.6 is 0 Å². The van der Waals surface area contributed by atoms with Crippen molar-refractivity contribution in [3.63, 3.8) is 0 Å². The summed E-state index contributed by atoms with van der Waals surface area (Å²) in [6, 6.07) is 9.12. The molecular weight excluding hydrogens is 198 g/mol. The average molecular weight is 215 g/mol. The molecule has 0 saturated heterocycles. The first kappa shape index (κ1) is 9.70. The van der Waals surface area contributed by atoms with Gasteiger partial charge >= 0.3 is 0 Å². The van der Waals surface area contributed by atoms with Crippen LogP contribution in [0.5, 0.6) is 0 Å². The van der Waals surface area contributed by atoms with Crippen molar-refractivity contribution in [2.24, 2.45) is 4.99 Å². The molecule has 2 aliphatic heterocycles. The van der Waals surface area contributed by atoms with Gasteiger partial charge in [0, 0.05) is 25.2 Å². The van der Waals surface area contributed by atoms with Gasteiger partial charge in [-0.25, -0.2) is 0 Å². The highest BCUT2D eigenvalue weighted by Gasteiger charge is 2.32. The normalized spacial score (nSPS) is 22.9. The van der Waals surface area contributed by atoms with Gasteiger partial charge in [0.25, 0.3) is 0 Å². The van der Waals surface area contributed by atoms with E-state index in [-0.39, 0.29) is 0 Å². The molecule has 16 heavy (non-hydrogen) atoms. The van der Waals surface area contributed by atoms with Crippen LogP contribution in [-0.2, 0) is 6.42 Å². The Morgan fingerprint density at radius 2 is 2.31 bits per heavy atom. The van der Waals surface area contributed by atoms with E-state index in [1.165, 1.54) is 17.1 Å². The minimum atomic E-state index is 0.435. The number of hydrogen-bond acceptors (Lipinski definition) is 3. The summed E-state index contributed by atoms with van der Waals surface area (Å²) < 4.78 is 0. The lowest BCUT2D eigenvalue weighted by Crippen LogP contribution is -2.43. The number of aliphatic imine (C=N–C) groups is 1. The standard InChI is InChI=1S/C13H17N3/c1-2-16-11-6-4-3-5-10(11)9-12(16)13-14-7-8-15-13/h3-6,12H,2,7-9H2,1H3,(H,14,15)/t12-/m1/s1. The lowest BCUT2D eigenvalue weighted by atomic mass is 10.1. The van der Waals surface area contributed by atoms with E-state index in [1.54, 1.807) is 0 Å². The first-order valence-electron chi connectivity index (χ1n) is 6.03. The topological polar surface area (TPSA) is 27.6 Å². The number of para-hydroxylation sites is 1. The largest absolute Gasteiger partial charge is 0.370 e. The van der Waals surface area contributed by atoms with Crippen molar-refractivity contribution < 1.29 is 0 Å². The van der Waals surface area contributed by atoms with Crippen LogP contribution in [0.15, 0.2) is 29.3 Å². The van der Waals surface area contributed by atoms with E-state index in [0.29, 0.717) is 6.04 Å². The third-order valence-corrected chi connectivity index (χ3v) is 3.45. The molecule has 0 aromatic heterocycles. The molecule has 0 saturated carbocycles. The zero-order valence-electron chi connectivity index (χ0n) is 9.61. The summed E-state index contributed by atoms with van der Waals surface area (Å²) in [5.74, 6) is 1.18. The predicted molar refractivity (Wildman–Crippen MR) is 67.3 cm³/mol. The van der Waals surface area contributed by atoms with Gasteiger partial charge in [0.2, 0.25) is 0 Å². The summed E-state index contributed by atoms with van der Waals surface area (Å²) in [6.45, 7) is 5.19. The van der Waals surface area contributed by atoms with Crippen LogP contribution in [0.4, 0.5) is 5.69 Å². The number of anilines is 1. The van der Waals surface area contributed by atoms with Crippen molar-refractivity contribution in [1.29, 1.82) is 0 Å². The van der Waals surface area contributed by atoms with Crippen LogP contribution in [-0.4, -0.2) is 31.5 Å².